The van der Waals surface area contributed by atoms with Gasteiger partial charge in [0.1, 0.15) is 11.5 Å². The van der Waals surface area contributed by atoms with Crippen LogP contribution in [0.5, 0.6) is 11.5 Å². The van der Waals surface area contributed by atoms with Crippen molar-refractivity contribution in [2.75, 3.05) is 34.2 Å². The molecule has 1 aromatic carbocycles. The number of ether oxygens (including phenoxy) is 2. The van der Waals surface area contributed by atoms with Gasteiger partial charge in [-0.1, -0.05) is 6.07 Å². The third-order valence-corrected chi connectivity index (χ3v) is 3.02. The summed E-state index contributed by atoms with van der Waals surface area (Å²) < 4.78 is 10.6. The van der Waals surface area contributed by atoms with Crippen LogP contribution in [0.1, 0.15) is 18.0 Å². The van der Waals surface area contributed by atoms with Gasteiger partial charge in [0.05, 0.1) is 14.2 Å². The molecule has 0 bridgehead atoms. The van der Waals surface area contributed by atoms with Crippen LogP contribution in [0.25, 0.3) is 0 Å². The highest BCUT2D eigenvalue weighted by Crippen LogP contribution is 2.33. The van der Waals surface area contributed by atoms with Crippen molar-refractivity contribution in [3.8, 4) is 11.5 Å². The van der Waals surface area contributed by atoms with Gasteiger partial charge >= 0.3 is 0 Å². The Bertz CT molecular complexity index is 355. The molecule has 0 N–H and O–H groups in total. The maximum Gasteiger partial charge on any atom is 0.127 e. The molecule has 1 aromatic rings. The maximum atomic E-state index is 5.85. The molecule has 0 amide bonds. The molecule has 17 heavy (non-hydrogen) atoms. The van der Waals surface area contributed by atoms with Gasteiger partial charge in [0.15, 0.2) is 0 Å². The first-order valence-electron chi connectivity index (χ1n) is 5.58. The lowest BCUT2D eigenvalue weighted by molar-refractivity contribution is 0.282. The van der Waals surface area contributed by atoms with Crippen molar-refractivity contribution in [1.29, 1.82) is 0 Å². The maximum absolute atomic E-state index is 5.85. The van der Waals surface area contributed by atoms with Crippen LogP contribution in [0, 0.1) is 0 Å². The predicted molar refractivity (Wildman–Crippen MR) is 71.3 cm³/mol. The summed E-state index contributed by atoms with van der Waals surface area (Å²) in [6.45, 7) is 0. The Labute approximate surface area is 108 Å². The molecule has 0 fully saturated rings. The van der Waals surface area contributed by atoms with Crippen molar-refractivity contribution in [1.82, 2.24) is 4.90 Å². The van der Waals surface area contributed by atoms with Gasteiger partial charge in [-0.05, 0) is 26.6 Å². The van der Waals surface area contributed by atoms with Gasteiger partial charge in [-0.3, -0.25) is 0 Å². The molecular weight excluding hydrogens is 238 g/mol. The molecule has 0 aromatic heterocycles. The summed E-state index contributed by atoms with van der Waals surface area (Å²) in [5.74, 6) is 2.26. The number of hydrogen-bond acceptors (Lipinski definition) is 3. The first-order chi connectivity index (χ1) is 8.13. The molecule has 4 heteroatoms. The fourth-order valence-electron chi connectivity index (χ4n) is 1.89. The van der Waals surface area contributed by atoms with Crippen LogP contribution < -0.4 is 9.47 Å². The van der Waals surface area contributed by atoms with E-state index in [1.807, 2.05) is 32.3 Å². The summed E-state index contributed by atoms with van der Waals surface area (Å²) in [6, 6.07) is 6.14. The van der Waals surface area contributed by atoms with Crippen LogP contribution >= 0.6 is 11.6 Å². The van der Waals surface area contributed by atoms with Gasteiger partial charge in [0.25, 0.3) is 0 Å². The molecule has 1 atom stereocenters. The van der Waals surface area contributed by atoms with Crippen molar-refractivity contribution in [2.45, 2.75) is 12.5 Å². The summed E-state index contributed by atoms with van der Waals surface area (Å²) in [5, 5.41) is 0. The molecule has 1 rings (SSSR count). The molecule has 0 aliphatic heterocycles. The lowest BCUT2D eigenvalue weighted by atomic mass is 10.0. The van der Waals surface area contributed by atoms with E-state index >= 15 is 0 Å². The normalized spacial score (nSPS) is 12.6. The second-order valence-corrected chi connectivity index (χ2v) is 4.44. The number of rotatable bonds is 6. The lowest BCUT2D eigenvalue weighted by Gasteiger charge is -2.25. The molecular formula is C13H20ClNO2. The summed E-state index contributed by atoms with van der Waals surface area (Å²) in [4.78, 5) is 2.15. The molecule has 0 aliphatic carbocycles. The Morgan fingerprint density at radius 1 is 1.24 bits per heavy atom. The Morgan fingerprint density at radius 2 is 1.94 bits per heavy atom. The Balaban J connectivity index is 3.09. The zero-order valence-corrected chi connectivity index (χ0v) is 11.6. The van der Waals surface area contributed by atoms with Crippen molar-refractivity contribution in [3.63, 3.8) is 0 Å². The van der Waals surface area contributed by atoms with Crippen LogP contribution in [0.3, 0.4) is 0 Å². The second-order valence-electron chi connectivity index (χ2n) is 4.06. The average Bonchev–Trinajstić information content (AvgIpc) is 2.35. The largest absolute Gasteiger partial charge is 0.497 e. The first-order valence-corrected chi connectivity index (χ1v) is 6.11. The molecule has 0 heterocycles. The summed E-state index contributed by atoms with van der Waals surface area (Å²) in [5.41, 5.74) is 1.14. The molecule has 1 unspecified atom stereocenters. The van der Waals surface area contributed by atoms with E-state index in [0.29, 0.717) is 5.88 Å². The highest BCUT2D eigenvalue weighted by atomic mass is 35.5. The van der Waals surface area contributed by atoms with Gasteiger partial charge in [-0.15, -0.1) is 11.6 Å². The van der Waals surface area contributed by atoms with Crippen LogP contribution in [-0.2, 0) is 0 Å². The Morgan fingerprint density at radius 3 is 2.41 bits per heavy atom. The van der Waals surface area contributed by atoms with Gasteiger partial charge < -0.3 is 14.4 Å². The Hall–Kier alpha value is -0.930. The van der Waals surface area contributed by atoms with E-state index in [-0.39, 0.29) is 6.04 Å². The van der Waals surface area contributed by atoms with Crippen LogP contribution in [0.4, 0.5) is 0 Å². The fourth-order valence-corrected chi connectivity index (χ4v) is 2.10. The topological polar surface area (TPSA) is 21.7 Å². The molecule has 0 saturated heterocycles. The third kappa shape index (κ3) is 3.51. The minimum Gasteiger partial charge on any atom is -0.497 e. The summed E-state index contributed by atoms with van der Waals surface area (Å²) in [7, 11) is 7.41. The van der Waals surface area contributed by atoms with Crippen LogP contribution in [-0.4, -0.2) is 39.1 Å². The van der Waals surface area contributed by atoms with Gasteiger partial charge in [-0.2, -0.15) is 0 Å². The van der Waals surface area contributed by atoms with E-state index in [9.17, 15) is 0 Å². The predicted octanol–water partition coefficient (Wildman–Crippen LogP) is 2.94. The number of nitrogens with zero attached hydrogens (tertiary/aromatic N) is 1. The van der Waals surface area contributed by atoms with E-state index in [4.69, 9.17) is 21.1 Å². The zero-order chi connectivity index (χ0) is 12.8. The van der Waals surface area contributed by atoms with Crippen molar-refractivity contribution in [3.05, 3.63) is 23.8 Å². The van der Waals surface area contributed by atoms with E-state index in [2.05, 4.69) is 4.90 Å². The highest BCUT2D eigenvalue weighted by Gasteiger charge is 2.18. The SMILES string of the molecule is COc1ccc(C(CCCl)N(C)C)c(OC)c1. The van der Waals surface area contributed by atoms with Crippen LogP contribution in [0.15, 0.2) is 18.2 Å². The molecule has 0 saturated carbocycles. The lowest BCUT2D eigenvalue weighted by Crippen LogP contribution is -2.21. The van der Waals surface area contributed by atoms with E-state index < -0.39 is 0 Å². The number of alkyl halides is 1. The third-order valence-electron chi connectivity index (χ3n) is 2.81. The zero-order valence-electron chi connectivity index (χ0n) is 10.9. The number of hydrogen-bond donors (Lipinski definition) is 0. The number of halogens is 1. The fraction of sp³-hybridized carbons (Fsp3) is 0.538. The summed E-state index contributed by atoms with van der Waals surface area (Å²) >= 11 is 5.85. The monoisotopic (exact) mass is 257 g/mol. The summed E-state index contributed by atoms with van der Waals surface area (Å²) in [6.07, 6.45) is 0.886. The molecule has 3 nitrogen and oxygen atoms in total. The minimum atomic E-state index is 0.258. The number of methoxy groups -OCH3 is 2. The average molecular weight is 258 g/mol. The van der Waals surface area contributed by atoms with Gasteiger partial charge in [-0.25, -0.2) is 0 Å². The van der Waals surface area contributed by atoms with E-state index in [1.165, 1.54) is 0 Å². The Kier molecular flexibility index (Phi) is 5.59. The van der Waals surface area contributed by atoms with E-state index in [1.54, 1.807) is 14.2 Å². The van der Waals surface area contributed by atoms with Crippen molar-refractivity contribution in [2.24, 2.45) is 0 Å². The highest BCUT2D eigenvalue weighted by molar-refractivity contribution is 6.17. The quantitative estimate of drug-likeness (QED) is 0.732. The smallest absolute Gasteiger partial charge is 0.127 e. The van der Waals surface area contributed by atoms with Crippen molar-refractivity contribution >= 4 is 11.6 Å². The molecule has 0 spiro atoms. The molecule has 0 aliphatic rings. The first kappa shape index (κ1) is 14.1. The van der Waals surface area contributed by atoms with E-state index in [0.717, 1.165) is 23.5 Å². The number of benzene rings is 1. The van der Waals surface area contributed by atoms with Crippen molar-refractivity contribution < 1.29 is 9.47 Å². The standard InChI is InChI=1S/C13H20ClNO2/c1-15(2)12(7-8-14)11-6-5-10(16-3)9-13(11)17-4/h5-6,9,12H,7-8H2,1-4H3. The van der Waals surface area contributed by atoms with Crippen LogP contribution in [0.2, 0.25) is 0 Å². The minimum absolute atomic E-state index is 0.258. The second kappa shape index (κ2) is 6.72. The van der Waals surface area contributed by atoms with Gasteiger partial charge in [0, 0.05) is 23.6 Å². The van der Waals surface area contributed by atoms with Gasteiger partial charge in [0.2, 0.25) is 0 Å². The molecule has 0 radical (unpaired) electrons. The molecule has 96 valence electrons.